The average Bonchev–Trinajstić information content (AvgIpc) is 2.68. The zero-order valence-electron chi connectivity index (χ0n) is 17.2. The van der Waals surface area contributed by atoms with Crippen LogP contribution in [0.5, 0.6) is 11.5 Å². The van der Waals surface area contributed by atoms with Crippen LogP contribution >= 0.6 is 0 Å². The summed E-state index contributed by atoms with van der Waals surface area (Å²) in [5.74, 6) is -0.634. The van der Waals surface area contributed by atoms with E-state index < -0.39 is 24.6 Å². The van der Waals surface area contributed by atoms with Crippen LogP contribution in [-0.2, 0) is 14.3 Å². The van der Waals surface area contributed by atoms with Crippen molar-refractivity contribution in [2.45, 2.75) is 33.8 Å². The van der Waals surface area contributed by atoms with E-state index >= 15 is 0 Å². The first-order chi connectivity index (χ1) is 13.7. The average molecular weight is 399 g/mol. The number of hydrogen-bond donors (Lipinski definition) is 1. The highest BCUT2D eigenvalue weighted by molar-refractivity contribution is 5.96. The summed E-state index contributed by atoms with van der Waals surface area (Å²) in [6.45, 7) is 6.37. The van der Waals surface area contributed by atoms with Gasteiger partial charge in [0.25, 0.3) is 5.91 Å². The molecular formula is C22H25NO6. The molecule has 0 heterocycles. The van der Waals surface area contributed by atoms with Crippen LogP contribution in [0.25, 0.3) is 0 Å². The second kappa shape index (κ2) is 9.73. The van der Waals surface area contributed by atoms with Gasteiger partial charge in [-0.1, -0.05) is 17.7 Å². The third-order valence-corrected chi connectivity index (χ3v) is 4.23. The van der Waals surface area contributed by atoms with Crippen LogP contribution in [0.4, 0.5) is 5.69 Å². The minimum absolute atomic E-state index is 0.113. The monoisotopic (exact) mass is 399 g/mol. The molecule has 0 fully saturated rings. The smallest absolute Gasteiger partial charge is 0.344 e. The number of carbonyl (C=O) groups excluding carboxylic acids is 3. The molecule has 1 amide bonds. The van der Waals surface area contributed by atoms with Crippen LogP contribution in [0.15, 0.2) is 36.4 Å². The molecule has 0 unspecified atom stereocenters. The van der Waals surface area contributed by atoms with E-state index in [2.05, 4.69) is 5.32 Å². The lowest BCUT2D eigenvalue weighted by molar-refractivity contribution is -0.155. The number of carbonyl (C=O) groups is 3. The fourth-order valence-corrected chi connectivity index (χ4v) is 2.62. The van der Waals surface area contributed by atoms with Gasteiger partial charge in [-0.2, -0.15) is 0 Å². The number of anilines is 1. The van der Waals surface area contributed by atoms with E-state index in [4.69, 9.17) is 14.2 Å². The van der Waals surface area contributed by atoms with Gasteiger partial charge in [-0.3, -0.25) is 9.59 Å². The molecule has 0 saturated heterocycles. The third kappa shape index (κ3) is 6.07. The largest absolute Gasteiger partial charge is 0.493 e. The summed E-state index contributed by atoms with van der Waals surface area (Å²) >= 11 is 0. The first-order valence-corrected chi connectivity index (χ1v) is 9.10. The molecule has 2 rings (SSSR count). The number of methoxy groups -OCH3 is 1. The molecule has 154 valence electrons. The maximum Gasteiger partial charge on any atom is 0.344 e. The summed E-state index contributed by atoms with van der Waals surface area (Å²) in [6.07, 6.45) is -0.992. The lowest BCUT2D eigenvalue weighted by Crippen LogP contribution is -2.31. The van der Waals surface area contributed by atoms with E-state index in [0.29, 0.717) is 22.7 Å². The van der Waals surface area contributed by atoms with Crippen LogP contribution in [0.1, 0.15) is 35.3 Å². The third-order valence-electron chi connectivity index (χ3n) is 4.23. The minimum Gasteiger partial charge on any atom is -0.493 e. The van der Waals surface area contributed by atoms with E-state index in [1.54, 1.807) is 18.2 Å². The van der Waals surface area contributed by atoms with Gasteiger partial charge in [0.2, 0.25) is 0 Å². The topological polar surface area (TPSA) is 90.9 Å². The Kier molecular flexibility index (Phi) is 7.36. The van der Waals surface area contributed by atoms with E-state index in [-0.39, 0.29) is 5.78 Å². The van der Waals surface area contributed by atoms with Gasteiger partial charge < -0.3 is 19.5 Å². The molecule has 0 radical (unpaired) electrons. The molecule has 1 atom stereocenters. The van der Waals surface area contributed by atoms with Gasteiger partial charge in [0.05, 0.1) is 7.11 Å². The Balaban J connectivity index is 1.91. The SMILES string of the molecule is COc1cc(C(C)=O)ccc1OCC(=O)O[C@@H](C)C(=O)Nc1ccc(C)cc1C. The van der Waals surface area contributed by atoms with E-state index in [0.717, 1.165) is 11.1 Å². The van der Waals surface area contributed by atoms with Crippen LogP contribution in [0, 0.1) is 13.8 Å². The summed E-state index contributed by atoms with van der Waals surface area (Å²) in [7, 11) is 1.43. The number of benzene rings is 2. The number of aryl methyl sites for hydroxylation is 2. The molecule has 0 spiro atoms. The molecule has 7 heteroatoms. The molecule has 0 aliphatic rings. The summed E-state index contributed by atoms with van der Waals surface area (Å²) in [5, 5.41) is 2.74. The zero-order chi connectivity index (χ0) is 21.6. The molecule has 0 aromatic heterocycles. The number of rotatable bonds is 8. The van der Waals surface area contributed by atoms with Crippen LogP contribution < -0.4 is 14.8 Å². The van der Waals surface area contributed by atoms with Gasteiger partial charge in [0.1, 0.15) is 0 Å². The standard InChI is InChI=1S/C22H25NO6/c1-13-6-8-18(14(2)10-13)23-22(26)16(4)29-21(25)12-28-19-9-7-17(15(3)24)11-20(19)27-5/h6-11,16H,12H2,1-5H3,(H,23,26)/t16-/m0/s1. The van der Waals surface area contributed by atoms with Gasteiger partial charge in [-0.25, -0.2) is 4.79 Å². The summed E-state index contributed by atoms with van der Waals surface area (Å²) in [4.78, 5) is 35.8. The van der Waals surface area contributed by atoms with Crippen molar-refractivity contribution in [3.63, 3.8) is 0 Å². The fraction of sp³-hybridized carbons (Fsp3) is 0.318. The van der Waals surface area contributed by atoms with Crippen LogP contribution in [-0.4, -0.2) is 37.5 Å². The second-order valence-corrected chi connectivity index (χ2v) is 6.65. The number of amides is 1. The Morgan fingerprint density at radius 1 is 1.03 bits per heavy atom. The molecule has 0 saturated carbocycles. The molecule has 7 nitrogen and oxygen atoms in total. The first-order valence-electron chi connectivity index (χ1n) is 9.10. The highest BCUT2D eigenvalue weighted by atomic mass is 16.6. The Morgan fingerprint density at radius 3 is 2.38 bits per heavy atom. The highest BCUT2D eigenvalue weighted by Gasteiger charge is 2.19. The van der Waals surface area contributed by atoms with Crippen LogP contribution in [0.3, 0.4) is 0 Å². The number of Topliss-reactive ketones (excluding diaryl/α,β-unsaturated/α-hetero) is 1. The Labute approximate surface area is 170 Å². The predicted octanol–water partition coefficient (Wildman–Crippen LogP) is 3.46. The number of hydrogen-bond acceptors (Lipinski definition) is 6. The molecule has 2 aromatic carbocycles. The van der Waals surface area contributed by atoms with Gasteiger partial charge in [0, 0.05) is 11.3 Å². The lowest BCUT2D eigenvalue weighted by atomic mass is 10.1. The quantitative estimate of drug-likeness (QED) is 0.540. The molecule has 1 N–H and O–H groups in total. The fourth-order valence-electron chi connectivity index (χ4n) is 2.62. The molecule has 2 aromatic rings. The van der Waals surface area contributed by atoms with Gasteiger partial charge >= 0.3 is 5.97 Å². The molecule has 0 bridgehead atoms. The van der Waals surface area contributed by atoms with Crippen molar-refractivity contribution in [1.29, 1.82) is 0 Å². The lowest BCUT2D eigenvalue weighted by Gasteiger charge is -2.16. The second-order valence-electron chi connectivity index (χ2n) is 6.65. The van der Waals surface area contributed by atoms with Gasteiger partial charge in [-0.15, -0.1) is 0 Å². The molecule has 29 heavy (non-hydrogen) atoms. The predicted molar refractivity (Wildman–Crippen MR) is 109 cm³/mol. The molecular weight excluding hydrogens is 374 g/mol. The van der Waals surface area contributed by atoms with Crippen molar-refractivity contribution >= 4 is 23.3 Å². The van der Waals surface area contributed by atoms with Crippen molar-refractivity contribution in [2.75, 3.05) is 19.0 Å². The highest BCUT2D eigenvalue weighted by Crippen LogP contribution is 2.28. The zero-order valence-corrected chi connectivity index (χ0v) is 17.2. The van der Waals surface area contributed by atoms with Crippen molar-refractivity contribution < 1.29 is 28.6 Å². The summed E-state index contributed by atoms with van der Waals surface area (Å²) in [6, 6.07) is 10.3. The van der Waals surface area contributed by atoms with E-state index in [9.17, 15) is 14.4 Å². The summed E-state index contributed by atoms with van der Waals surface area (Å²) < 4.78 is 15.7. The normalized spacial score (nSPS) is 11.3. The number of nitrogens with one attached hydrogen (secondary N) is 1. The van der Waals surface area contributed by atoms with Gasteiger partial charge in [0.15, 0.2) is 30.0 Å². The Morgan fingerprint density at radius 2 is 1.76 bits per heavy atom. The van der Waals surface area contributed by atoms with Crippen molar-refractivity contribution in [3.8, 4) is 11.5 Å². The van der Waals surface area contributed by atoms with Gasteiger partial charge in [-0.05, 0) is 57.5 Å². The Bertz CT molecular complexity index is 922. The van der Waals surface area contributed by atoms with Crippen molar-refractivity contribution in [1.82, 2.24) is 0 Å². The number of esters is 1. The number of ether oxygens (including phenoxy) is 3. The molecule has 0 aliphatic heterocycles. The first kappa shape index (κ1) is 21.9. The van der Waals surface area contributed by atoms with E-state index in [1.165, 1.54) is 27.0 Å². The van der Waals surface area contributed by atoms with Crippen molar-refractivity contribution in [3.05, 3.63) is 53.1 Å². The molecule has 0 aliphatic carbocycles. The summed E-state index contributed by atoms with van der Waals surface area (Å²) in [5.41, 5.74) is 3.13. The minimum atomic E-state index is -0.992. The maximum absolute atomic E-state index is 12.3. The number of ketones is 1. The van der Waals surface area contributed by atoms with E-state index in [1.807, 2.05) is 26.0 Å². The van der Waals surface area contributed by atoms with Crippen molar-refractivity contribution in [2.24, 2.45) is 0 Å². The Hall–Kier alpha value is -3.35. The van der Waals surface area contributed by atoms with Crippen LogP contribution in [0.2, 0.25) is 0 Å². The maximum atomic E-state index is 12.3.